The molecule has 2 heterocycles. The summed E-state index contributed by atoms with van der Waals surface area (Å²) in [5.74, 6) is 1.93. The molecule has 0 saturated carbocycles. The summed E-state index contributed by atoms with van der Waals surface area (Å²) in [5.41, 5.74) is 8.93. The number of benzene rings is 2. The molecular formula is C28H33IN4. The van der Waals surface area contributed by atoms with E-state index in [4.69, 9.17) is 9.97 Å². The minimum absolute atomic E-state index is 0.767. The molecule has 1 fully saturated rings. The van der Waals surface area contributed by atoms with Crippen LogP contribution in [0.5, 0.6) is 0 Å². The molecule has 0 radical (unpaired) electrons. The maximum Gasteiger partial charge on any atom is 0.137 e. The van der Waals surface area contributed by atoms with Gasteiger partial charge in [-0.15, -0.1) is 0 Å². The van der Waals surface area contributed by atoms with Crippen molar-refractivity contribution in [1.82, 2.24) is 14.9 Å². The summed E-state index contributed by atoms with van der Waals surface area (Å²) in [6.45, 7) is 8.96. The molecule has 1 aliphatic carbocycles. The van der Waals surface area contributed by atoms with E-state index in [9.17, 15) is 0 Å². The Hall–Kier alpha value is -1.99. The number of anilines is 1. The zero-order chi connectivity index (χ0) is 22.8. The van der Waals surface area contributed by atoms with E-state index in [0.29, 0.717) is 0 Å². The molecule has 1 aromatic heterocycles. The Labute approximate surface area is 211 Å². The maximum atomic E-state index is 5.07. The van der Waals surface area contributed by atoms with Crippen LogP contribution >= 0.6 is 22.6 Å². The van der Waals surface area contributed by atoms with Crippen LogP contribution in [0.25, 0.3) is 11.1 Å². The van der Waals surface area contributed by atoms with Gasteiger partial charge < -0.3 is 10.2 Å². The average molecular weight is 553 g/mol. The molecule has 1 saturated heterocycles. The Morgan fingerprint density at radius 1 is 0.970 bits per heavy atom. The highest BCUT2D eigenvalue weighted by atomic mass is 127. The van der Waals surface area contributed by atoms with Gasteiger partial charge in [-0.05, 0) is 110 Å². The lowest BCUT2D eigenvalue weighted by Crippen LogP contribution is -2.31. The largest absolute Gasteiger partial charge is 0.369 e. The average Bonchev–Trinajstić information content (AvgIpc) is 3.14. The molecule has 33 heavy (non-hydrogen) atoms. The van der Waals surface area contributed by atoms with Crippen molar-refractivity contribution in [2.24, 2.45) is 0 Å². The fourth-order valence-electron chi connectivity index (χ4n) is 5.26. The van der Waals surface area contributed by atoms with Crippen molar-refractivity contribution in [2.45, 2.75) is 52.4 Å². The van der Waals surface area contributed by atoms with Crippen molar-refractivity contribution in [1.29, 1.82) is 0 Å². The van der Waals surface area contributed by atoms with Crippen molar-refractivity contribution in [2.75, 3.05) is 31.5 Å². The highest BCUT2D eigenvalue weighted by molar-refractivity contribution is 14.1. The first-order valence-electron chi connectivity index (χ1n) is 12.3. The number of likely N-dealkylation sites (tertiary alicyclic amines) is 1. The van der Waals surface area contributed by atoms with Gasteiger partial charge >= 0.3 is 0 Å². The first-order chi connectivity index (χ1) is 16.0. The standard InChI is InChI=1S/C28H33IN4/c1-19-7-8-24-22(14-19)18-25-27(24)28(30-9-6-12-33-10-4-3-5-11-33)32-26(31-25)17-21-13-20(2)15-23(29)16-21/h7-8,13-16H,3-6,9-12,17-18H2,1-2H3,(H,30,31,32). The minimum Gasteiger partial charge on any atom is -0.369 e. The molecule has 0 spiro atoms. The molecule has 0 bridgehead atoms. The van der Waals surface area contributed by atoms with E-state index < -0.39 is 0 Å². The van der Waals surface area contributed by atoms with Crippen LogP contribution in [0.1, 0.15) is 59.5 Å². The third-order valence-corrected chi connectivity index (χ3v) is 7.40. The maximum absolute atomic E-state index is 5.07. The lowest BCUT2D eigenvalue weighted by atomic mass is 10.0. The van der Waals surface area contributed by atoms with E-state index >= 15 is 0 Å². The van der Waals surface area contributed by atoms with Gasteiger partial charge in [0.2, 0.25) is 0 Å². The topological polar surface area (TPSA) is 41.1 Å². The quantitative estimate of drug-likeness (QED) is 0.221. The molecule has 5 heteroatoms. The number of aromatic nitrogens is 2. The van der Waals surface area contributed by atoms with Crippen molar-refractivity contribution in [3.63, 3.8) is 0 Å². The van der Waals surface area contributed by atoms with Gasteiger partial charge in [0, 0.05) is 28.5 Å². The van der Waals surface area contributed by atoms with Crippen LogP contribution in [0.15, 0.2) is 36.4 Å². The van der Waals surface area contributed by atoms with E-state index in [1.54, 1.807) is 0 Å². The van der Waals surface area contributed by atoms with Gasteiger partial charge in [-0.25, -0.2) is 9.97 Å². The number of hydrogen-bond acceptors (Lipinski definition) is 4. The molecule has 5 rings (SSSR count). The van der Waals surface area contributed by atoms with Crippen LogP contribution in [-0.4, -0.2) is 41.0 Å². The highest BCUT2D eigenvalue weighted by Crippen LogP contribution is 2.40. The minimum atomic E-state index is 0.767. The van der Waals surface area contributed by atoms with E-state index in [1.807, 2.05) is 0 Å². The zero-order valence-electron chi connectivity index (χ0n) is 19.8. The summed E-state index contributed by atoms with van der Waals surface area (Å²) in [4.78, 5) is 12.7. The van der Waals surface area contributed by atoms with E-state index in [-0.39, 0.29) is 0 Å². The highest BCUT2D eigenvalue weighted by Gasteiger charge is 2.25. The summed E-state index contributed by atoms with van der Waals surface area (Å²) < 4.78 is 1.27. The summed E-state index contributed by atoms with van der Waals surface area (Å²) >= 11 is 2.40. The van der Waals surface area contributed by atoms with Crippen molar-refractivity contribution in [3.8, 4) is 11.1 Å². The summed E-state index contributed by atoms with van der Waals surface area (Å²) in [6.07, 6.45) is 6.90. The van der Waals surface area contributed by atoms with Gasteiger partial charge in [0.25, 0.3) is 0 Å². The normalized spacial score (nSPS) is 15.4. The first-order valence-corrected chi connectivity index (χ1v) is 13.3. The van der Waals surface area contributed by atoms with E-state index in [1.165, 1.54) is 81.5 Å². The number of rotatable bonds is 7. The summed E-state index contributed by atoms with van der Waals surface area (Å²) in [5, 5.41) is 3.71. The second kappa shape index (κ2) is 10.1. The van der Waals surface area contributed by atoms with Crippen LogP contribution in [0.2, 0.25) is 0 Å². The third kappa shape index (κ3) is 5.40. The van der Waals surface area contributed by atoms with Gasteiger partial charge in [-0.2, -0.15) is 0 Å². The summed E-state index contributed by atoms with van der Waals surface area (Å²) in [7, 11) is 0. The molecule has 4 nitrogen and oxygen atoms in total. The molecule has 172 valence electrons. The molecule has 1 aliphatic heterocycles. The van der Waals surface area contributed by atoms with Gasteiger partial charge in [0.1, 0.15) is 11.6 Å². The monoisotopic (exact) mass is 552 g/mol. The summed E-state index contributed by atoms with van der Waals surface area (Å²) in [6, 6.07) is 13.5. The first kappa shape index (κ1) is 22.8. The van der Waals surface area contributed by atoms with E-state index in [0.717, 1.165) is 37.4 Å². The molecule has 0 unspecified atom stereocenters. The van der Waals surface area contributed by atoms with Crippen molar-refractivity contribution in [3.05, 3.63) is 73.7 Å². The third-order valence-electron chi connectivity index (χ3n) is 6.77. The molecule has 0 amide bonds. The lowest BCUT2D eigenvalue weighted by molar-refractivity contribution is 0.228. The number of halogens is 1. The van der Waals surface area contributed by atoms with Crippen LogP contribution in [0.4, 0.5) is 5.82 Å². The number of fused-ring (bicyclic) bond motifs is 3. The Morgan fingerprint density at radius 2 is 1.82 bits per heavy atom. The molecule has 2 aromatic carbocycles. The van der Waals surface area contributed by atoms with Crippen molar-refractivity contribution >= 4 is 28.4 Å². The predicted molar refractivity (Wildman–Crippen MR) is 145 cm³/mol. The molecule has 3 aromatic rings. The van der Waals surface area contributed by atoms with Gasteiger partial charge in [-0.1, -0.05) is 36.2 Å². The van der Waals surface area contributed by atoms with Crippen LogP contribution < -0.4 is 5.32 Å². The van der Waals surface area contributed by atoms with Crippen LogP contribution in [0.3, 0.4) is 0 Å². The SMILES string of the molecule is Cc1cc(I)cc(Cc2nc3c(c(NCCCN4CCCCC4)n2)-c2ccc(C)cc2C3)c1. The second-order valence-corrected chi connectivity index (χ2v) is 10.9. The van der Waals surface area contributed by atoms with Gasteiger partial charge in [0.05, 0.1) is 5.69 Å². The molecule has 2 aliphatic rings. The van der Waals surface area contributed by atoms with Gasteiger partial charge in [-0.3, -0.25) is 0 Å². The number of aryl methyl sites for hydroxylation is 2. The van der Waals surface area contributed by atoms with Crippen LogP contribution in [0, 0.1) is 17.4 Å². The fourth-order valence-corrected chi connectivity index (χ4v) is 6.15. The Kier molecular flexibility index (Phi) is 6.97. The molecule has 1 N–H and O–H groups in total. The number of piperidine rings is 1. The fraction of sp³-hybridized carbons (Fsp3) is 0.429. The Bertz CT molecular complexity index is 1130. The predicted octanol–water partition coefficient (Wildman–Crippen LogP) is 6.15. The number of nitrogens with one attached hydrogen (secondary N) is 1. The van der Waals surface area contributed by atoms with Gasteiger partial charge in [0.15, 0.2) is 0 Å². The lowest BCUT2D eigenvalue weighted by Gasteiger charge is -2.26. The molecular weight excluding hydrogens is 519 g/mol. The smallest absolute Gasteiger partial charge is 0.137 e. The van der Waals surface area contributed by atoms with Crippen LogP contribution in [-0.2, 0) is 12.8 Å². The zero-order valence-corrected chi connectivity index (χ0v) is 21.9. The second-order valence-electron chi connectivity index (χ2n) is 9.64. The van der Waals surface area contributed by atoms with E-state index in [2.05, 4.69) is 83.1 Å². The number of hydrogen-bond donors (Lipinski definition) is 1. The van der Waals surface area contributed by atoms with Crippen molar-refractivity contribution < 1.29 is 0 Å². The Morgan fingerprint density at radius 3 is 2.64 bits per heavy atom. The molecule has 0 atom stereocenters. The Balaban J connectivity index is 1.39. The number of nitrogens with zero attached hydrogens (tertiary/aromatic N) is 3.